The minimum absolute atomic E-state index is 0.0435. The highest BCUT2D eigenvalue weighted by Crippen LogP contribution is 2.36. The molecule has 1 aliphatic heterocycles. The summed E-state index contributed by atoms with van der Waals surface area (Å²) in [5.41, 5.74) is 1.17. The Morgan fingerprint density at radius 3 is 2.52 bits per heavy atom. The number of methoxy groups -OCH3 is 1. The van der Waals surface area contributed by atoms with E-state index in [9.17, 15) is 14.9 Å². The minimum atomic E-state index is -0.827. The lowest BCUT2D eigenvalue weighted by Crippen LogP contribution is -2.25. The zero-order valence-electron chi connectivity index (χ0n) is 15.7. The van der Waals surface area contributed by atoms with E-state index in [1.807, 2.05) is 36.4 Å². The molecule has 8 nitrogen and oxygen atoms in total. The third-order valence-corrected chi connectivity index (χ3v) is 4.68. The Kier molecular flexibility index (Phi) is 4.59. The van der Waals surface area contributed by atoms with Crippen molar-refractivity contribution >= 4 is 28.3 Å². The maximum absolute atomic E-state index is 12.2. The summed E-state index contributed by atoms with van der Waals surface area (Å²) in [5.74, 6) is 0.495. The molecule has 0 spiro atoms. The van der Waals surface area contributed by atoms with Crippen LogP contribution >= 0.6 is 0 Å². The summed E-state index contributed by atoms with van der Waals surface area (Å²) < 4.78 is 11.6. The minimum Gasteiger partial charge on any atom is -0.496 e. The SMILES string of the molecule is COc1ccc2ccccc2c1C1=NN(C(C)=O)[C@@H](c2ccc([N+](=O)[O-])cc2)O1. The van der Waals surface area contributed by atoms with Crippen molar-refractivity contribution in [3.63, 3.8) is 0 Å². The molecule has 0 bridgehead atoms. The van der Waals surface area contributed by atoms with Gasteiger partial charge in [-0.3, -0.25) is 14.9 Å². The molecule has 3 aromatic rings. The molecule has 1 amide bonds. The number of nitrogens with zero attached hydrogens (tertiary/aromatic N) is 3. The topological polar surface area (TPSA) is 94.3 Å². The van der Waals surface area contributed by atoms with Crippen LogP contribution in [0.2, 0.25) is 0 Å². The van der Waals surface area contributed by atoms with Crippen LogP contribution in [0, 0.1) is 10.1 Å². The first-order valence-electron chi connectivity index (χ1n) is 8.85. The molecule has 146 valence electrons. The molecule has 0 saturated carbocycles. The number of fused-ring (bicyclic) bond motifs is 1. The maximum atomic E-state index is 12.2. The van der Waals surface area contributed by atoms with Crippen LogP contribution in [0.4, 0.5) is 5.69 Å². The van der Waals surface area contributed by atoms with Crippen molar-refractivity contribution in [3.8, 4) is 5.75 Å². The van der Waals surface area contributed by atoms with Gasteiger partial charge in [0, 0.05) is 24.6 Å². The Balaban J connectivity index is 1.79. The molecule has 29 heavy (non-hydrogen) atoms. The fraction of sp³-hybridized carbons (Fsp3) is 0.143. The molecule has 0 saturated heterocycles. The van der Waals surface area contributed by atoms with E-state index in [0.29, 0.717) is 16.9 Å². The fourth-order valence-corrected chi connectivity index (χ4v) is 3.29. The van der Waals surface area contributed by atoms with Gasteiger partial charge in [-0.1, -0.05) is 30.3 Å². The first kappa shape index (κ1) is 18.4. The van der Waals surface area contributed by atoms with E-state index in [-0.39, 0.29) is 17.5 Å². The summed E-state index contributed by atoms with van der Waals surface area (Å²) in [6.07, 6.45) is -0.827. The van der Waals surface area contributed by atoms with Crippen LogP contribution in [0.1, 0.15) is 24.3 Å². The quantitative estimate of drug-likeness (QED) is 0.495. The lowest BCUT2D eigenvalue weighted by atomic mass is 10.0. The van der Waals surface area contributed by atoms with Crippen molar-refractivity contribution in [1.29, 1.82) is 0 Å². The van der Waals surface area contributed by atoms with Gasteiger partial charge in [0.25, 0.3) is 5.69 Å². The summed E-state index contributed by atoms with van der Waals surface area (Å²) >= 11 is 0. The number of hydrazone groups is 1. The second-order valence-electron chi connectivity index (χ2n) is 6.45. The predicted molar refractivity (Wildman–Crippen MR) is 106 cm³/mol. The van der Waals surface area contributed by atoms with E-state index in [1.165, 1.54) is 24.1 Å². The average Bonchev–Trinajstić information content (AvgIpc) is 3.18. The van der Waals surface area contributed by atoms with E-state index in [2.05, 4.69) is 5.10 Å². The summed E-state index contributed by atoms with van der Waals surface area (Å²) in [6, 6.07) is 17.3. The van der Waals surface area contributed by atoms with Crippen LogP contribution < -0.4 is 4.74 Å². The van der Waals surface area contributed by atoms with Crippen LogP contribution in [0.15, 0.2) is 65.8 Å². The number of amides is 1. The van der Waals surface area contributed by atoms with Crippen molar-refractivity contribution in [2.24, 2.45) is 5.10 Å². The lowest BCUT2D eigenvalue weighted by molar-refractivity contribution is -0.384. The molecule has 4 rings (SSSR count). The van der Waals surface area contributed by atoms with Gasteiger partial charge in [0.1, 0.15) is 5.75 Å². The van der Waals surface area contributed by atoms with Gasteiger partial charge in [-0.25, -0.2) is 0 Å². The number of hydrogen-bond acceptors (Lipinski definition) is 6. The van der Waals surface area contributed by atoms with E-state index in [0.717, 1.165) is 10.8 Å². The third kappa shape index (κ3) is 3.25. The van der Waals surface area contributed by atoms with Crippen molar-refractivity contribution in [1.82, 2.24) is 5.01 Å². The van der Waals surface area contributed by atoms with Crippen LogP contribution in [0.5, 0.6) is 5.75 Å². The average molecular weight is 391 g/mol. The molecular formula is C21H17N3O5. The van der Waals surface area contributed by atoms with Gasteiger partial charge < -0.3 is 9.47 Å². The molecular weight excluding hydrogens is 374 g/mol. The summed E-state index contributed by atoms with van der Waals surface area (Å²) in [4.78, 5) is 22.6. The van der Waals surface area contributed by atoms with E-state index in [4.69, 9.17) is 9.47 Å². The predicted octanol–water partition coefficient (Wildman–Crippen LogP) is 4.00. The number of ether oxygens (including phenoxy) is 2. The summed E-state index contributed by atoms with van der Waals surface area (Å²) in [6.45, 7) is 1.38. The van der Waals surface area contributed by atoms with Crippen LogP contribution in [-0.4, -0.2) is 28.8 Å². The summed E-state index contributed by atoms with van der Waals surface area (Å²) in [7, 11) is 1.56. The lowest BCUT2D eigenvalue weighted by Gasteiger charge is -2.19. The standard InChI is InChI=1S/C21H17N3O5/c1-13(25)23-21(15-7-10-16(11-8-15)24(26)27)29-20(22-23)19-17-6-4-3-5-14(17)9-12-18(19)28-2/h3-12,21H,1-2H3/t21-/m1/s1. The Morgan fingerprint density at radius 1 is 1.14 bits per heavy atom. The number of non-ortho nitro benzene ring substituents is 1. The Bertz CT molecular complexity index is 1140. The molecule has 0 unspecified atom stereocenters. The molecule has 0 fully saturated rings. The fourth-order valence-electron chi connectivity index (χ4n) is 3.29. The van der Waals surface area contributed by atoms with Crippen LogP contribution in [-0.2, 0) is 9.53 Å². The molecule has 0 radical (unpaired) electrons. The number of carbonyl (C=O) groups excluding carboxylic acids is 1. The molecule has 1 heterocycles. The van der Waals surface area contributed by atoms with Gasteiger partial charge in [0.2, 0.25) is 18.0 Å². The molecule has 0 N–H and O–H groups in total. The molecule has 3 aromatic carbocycles. The largest absolute Gasteiger partial charge is 0.496 e. The van der Waals surface area contributed by atoms with Crippen LogP contribution in [0.25, 0.3) is 10.8 Å². The number of benzene rings is 3. The van der Waals surface area contributed by atoms with E-state index in [1.54, 1.807) is 19.2 Å². The zero-order chi connectivity index (χ0) is 20.5. The van der Waals surface area contributed by atoms with Crippen molar-refractivity contribution in [2.45, 2.75) is 13.2 Å². The first-order chi connectivity index (χ1) is 14.0. The summed E-state index contributed by atoms with van der Waals surface area (Å²) in [5, 5.41) is 18.4. The second-order valence-corrected chi connectivity index (χ2v) is 6.45. The van der Waals surface area contributed by atoms with Crippen molar-refractivity contribution in [2.75, 3.05) is 7.11 Å². The smallest absolute Gasteiger partial charge is 0.269 e. The van der Waals surface area contributed by atoms with Gasteiger partial charge in [-0.2, -0.15) is 5.01 Å². The zero-order valence-corrected chi connectivity index (χ0v) is 15.7. The van der Waals surface area contributed by atoms with Crippen LogP contribution in [0.3, 0.4) is 0 Å². The van der Waals surface area contributed by atoms with Gasteiger partial charge in [0.15, 0.2) is 0 Å². The van der Waals surface area contributed by atoms with Gasteiger partial charge >= 0.3 is 0 Å². The molecule has 8 heteroatoms. The van der Waals surface area contributed by atoms with Crippen molar-refractivity contribution in [3.05, 3.63) is 81.9 Å². The Hall–Kier alpha value is -3.94. The first-order valence-corrected chi connectivity index (χ1v) is 8.85. The highest BCUT2D eigenvalue weighted by Gasteiger charge is 2.35. The second kappa shape index (κ2) is 7.23. The van der Waals surface area contributed by atoms with Gasteiger partial charge in [-0.05, 0) is 29.0 Å². The molecule has 0 aromatic heterocycles. The van der Waals surface area contributed by atoms with Crippen molar-refractivity contribution < 1.29 is 19.2 Å². The number of hydrogen-bond donors (Lipinski definition) is 0. The number of nitro benzene ring substituents is 1. The molecule has 1 aliphatic rings. The van der Waals surface area contributed by atoms with E-state index >= 15 is 0 Å². The number of rotatable bonds is 4. The number of carbonyl (C=O) groups is 1. The number of nitro groups is 1. The maximum Gasteiger partial charge on any atom is 0.269 e. The third-order valence-electron chi connectivity index (χ3n) is 4.68. The Labute approximate surface area is 166 Å². The highest BCUT2D eigenvalue weighted by atomic mass is 16.6. The monoisotopic (exact) mass is 391 g/mol. The normalized spacial score (nSPS) is 15.7. The highest BCUT2D eigenvalue weighted by molar-refractivity contribution is 6.10. The van der Waals surface area contributed by atoms with Gasteiger partial charge in [0.05, 0.1) is 17.6 Å². The van der Waals surface area contributed by atoms with E-state index < -0.39 is 11.2 Å². The van der Waals surface area contributed by atoms with Gasteiger partial charge in [-0.15, -0.1) is 5.10 Å². The molecule has 1 atom stereocenters. The Morgan fingerprint density at radius 2 is 1.86 bits per heavy atom. The molecule has 0 aliphatic carbocycles.